The van der Waals surface area contributed by atoms with E-state index < -0.39 is 6.10 Å². The Labute approximate surface area is 121 Å². The lowest BCUT2D eigenvalue weighted by Gasteiger charge is -2.35. The van der Waals surface area contributed by atoms with Gasteiger partial charge in [0.05, 0.1) is 23.6 Å². The maximum atomic E-state index is 12.6. The number of aryl methyl sites for hydroxylation is 1. The van der Waals surface area contributed by atoms with E-state index in [4.69, 9.17) is 5.11 Å². The molecule has 0 radical (unpaired) electrons. The molecule has 21 heavy (non-hydrogen) atoms. The SMILES string of the molecule is Cc1c(C(=O)N2CC[C@H](CO)[C@H](O)C2)cnc2ccnn12. The van der Waals surface area contributed by atoms with Crippen LogP contribution in [-0.2, 0) is 0 Å². The average molecular weight is 290 g/mol. The normalized spacial score (nSPS) is 22.7. The molecule has 0 aliphatic carbocycles. The van der Waals surface area contributed by atoms with Crippen molar-refractivity contribution in [3.8, 4) is 0 Å². The van der Waals surface area contributed by atoms with Crippen molar-refractivity contribution in [2.24, 2.45) is 5.92 Å². The molecule has 112 valence electrons. The first-order valence-electron chi connectivity index (χ1n) is 6.99. The Morgan fingerprint density at radius 2 is 2.33 bits per heavy atom. The van der Waals surface area contributed by atoms with Crippen LogP contribution in [0.5, 0.6) is 0 Å². The summed E-state index contributed by atoms with van der Waals surface area (Å²) in [6.45, 7) is 2.53. The lowest BCUT2D eigenvalue weighted by Crippen LogP contribution is -2.47. The molecule has 7 heteroatoms. The van der Waals surface area contributed by atoms with E-state index in [0.29, 0.717) is 24.2 Å². The summed E-state index contributed by atoms with van der Waals surface area (Å²) in [5.41, 5.74) is 1.91. The summed E-state index contributed by atoms with van der Waals surface area (Å²) in [4.78, 5) is 18.4. The Balaban J connectivity index is 1.85. The molecule has 0 spiro atoms. The van der Waals surface area contributed by atoms with Crippen molar-refractivity contribution in [3.63, 3.8) is 0 Å². The molecule has 1 aliphatic rings. The molecular weight excluding hydrogens is 272 g/mol. The van der Waals surface area contributed by atoms with Gasteiger partial charge in [0.1, 0.15) is 0 Å². The minimum absolute atomic E-state index is 0.0526. The fourth-order valence-corrected chi connectivity index (χ4v) is 2.75. The zero-order chi connectivity index (χ0) is 15.0. The summed E-state index contributed by atoms with van der Waals surface area (Å²) >= 11 is 0. The molecule has 3 rings (SSSR count). The monoisotopic (exact) mass is 290 g/mol. The number of amides is 1. The smallest absolute Gasteiger partial charge is 0.257 e. The highest BCUT2D eigenvalue weighted by atomic mass is 16.3. The highest BCUT2D eigenvalue weighted by Gasteiger charge is 2.31. The van der Waals surface area contributed by atoms with Gasteiger partial charge in [-0.1, -0.05) is 0 Å². The quantitative estimate of drug-likeness (QED) is 0.803. The predicted molar refractivity (Wildman–Crippen MR) is 74.8 cm³/mol. The molecule has 1 saturated heterocycles. The van der Waals surface area contributed by atoms with Crippen LogP contribution in [0.3, 0.4) is 0 Å². The largest absolute Gasteiger partial charge is 0.396 e. The van der Waals surface area contributed by atoms with Crippen LogP contribution in [0.15, 0.2) is 18.5 Å². The van der Waals surface area contributed by atoms with Crippen LogP contribution >= 0.6 is 0 Å². The summed E-state index contributed by atoms with van der Waals surface area (Å²) in [6, 6.07) is 1.78. The number of nitrogens with zero attached hydrogens (tertiary/aromatic N) is 4. The molecule has 0 unspecified atom stereocenters. The molecule has 7 nitrogen and oxygen atoms in total. The van der Waals surface area contributed by atoms with E-state index in [0.717, 1.165) is 5.69 Å². The first-order chi connectivity index (χ1) is 10.1. The van der Waals surface area contributed by atoms with E-state index in [1.165, 1.54) is 0 Å². The van der Waals surface area contributed by atoms with Crippen LogP contribution in [0.25, 0.3) is 5.65 Å². The number of piperidine rings is 1. The van der Waals surface area contributed by atoms with Gasteiger partial charge >= 0.3 is 0 Å². The average Bonchev–Trinajstić information content (AvgIpc) is 2.96. The summed E-state index contributed by atoms with van der Waals surface area (Å²) in [6.07, 6.45) is 3.11. The van der Waals surface area contributed by atoms with E-state index in [1.54, 1.807) is 27.9 Å². The summed E-state index contributed by atoms with van der Waals surface area (Å²) < 4.78 is 1.63. The zero-order valence-electron chi connectivity index (χ0n) is 11.8. The summed E-state index contributed by atoms with van der Waals surface area (Å²) in [5, 5.41) is 23.3. The molecule has 1 amide bonds. The fraction of sp³-hybridized carbons (Fsp3) is 0.500. The van der Waals surface area contributed by atoms with Crippen molar-refractivity contribution in [1.29, 1.82) is 0 Å². The van der Waals surface area contributed by atoms with Crippen molar-refractivity contribution >= 4 is 11.6 Å². The molecule has 0 saturated carbocycles. The second-order valence-corrected chi connectivity index (χ2v) is 5.41. The van der Waals surface area contributed by atoms with Crippen molar-refractivity contribution in [2.45, 2.75) is 19.4 Å². The van der Waals surface area contributed by atoms with Crippen LogP contribution in [0, 0.1) is 12.8 Å². The number of likely N-dealkylation sites (tertiary alicyclic amines) is 1. The summed E-state index contributed by atoms with van der Waals surface area (Å²) in [7, 11) is 0. The standard InChI is InChI=1S/C14H18N4O3/c1-9-11(6-15-13-2-4-16-18(9)13)14(21)17-5-3-10(8-19)12(20)7-17/h2,4,6,10,12,19-20H,3,5,7-8H2,1H3/t10-,12-/m1/s1. The van der Waals surface area contributed by atoms with Crippen LogP contribution in [0.1, 0.15) is 22.5 Å². The molecule has 2 atom stereocenters. The van der Waals surface area contributed by atoms with E-state index in [2.05, 4.69) is 10.1 Å². The van der Waals surface area contributed by atoms with E-state index in [-0.39, 0.29) is 25.0 Å². The predicted octanol–water partition coefficient (Wildman–Crippen LogP) is -0.147. The van der Waals surface area contributed by atoms with Gasteiger partial charge in [-0.05, 0) is 13.3 Å². The number of carbonyl (C=O) groups excluding carboxylic acids is 1. The number of aromatic nitrogens is 3. The van der Waals surface area contributed by atoms with Gasteiger partial charge < -0.3 is 15.1 Å². The van der Waals surface area contributed by atoms with Gasteiger partial charge in [-0.15, -0.1) is 0 Å². The van der Waals surface area contributed by atoms with Crippen molar-refractivity contribution in [1.82, 2.24) is 19.5 Å². The van der Waals surface area contributed by atoms with E-state index >= 15 is 0 Å². The van der Waals surface area contributed by atoms with Gasteiger partial charge in [0, 0.05) is 37.9 Å². The molecular formula is C14H18N4O3. The lowest BCUT2D eigenvalue weighted by atomic mass is 9.94. The van der Waals surface area contributed by atoms with E-state index in [9.17, 15) is 9.90 Å². The Morgan fingerprint density at radius 3 is 3.05 bits per heavy atom. The number of carbonyl (C=O) groups is 1. The molecule has 1 aliphatic heterocycles. The Bertz CT molecular complexity index is 669. The van der Waals surface area contributed by atoms with Gasteiger partial charge in [-0.2, -0.15) is 5.10 Å². The van der Waals surface area contributed by atoms with Gasteiger partial charge in [-0.3, -0.25) is 4.79 Å². The number of aliphatic hydroxyl groups excluding tert-OH is 2. The molecule has 3 heterocycles. The third-order valence-electron chi connectivity index (χ3n) is 4.13. The lowest BCUT2D eigenvalue weighted by molar-refractivity contribution is 0.000800. The number of aliphatic hydroxyl groups is 2. The first-order valence-corrected chi connectivity index (χ1v) is 6.99. The highest BCUT2D eigenvalue weighted by Crippen LogP contribution is 2.20. The Morgan fingerprint density at radius 1 is 1.52 bits per heavy atom. The zero-order valence-corrected chi connectivity index (χ0v) is 11.8. The molecule has 2 N–H and O–H groups in total. The molecule has 0 aromatic carbocycles. The minimum atomic E-state index is -0.686. The van der Waals surface area contributed by atoms with Crippen LogP contribution < -0.4 is 0 Å². The third kappa shape index (κ3) is 2.38. The van der Waals surface area contributed by atoms with Gasteiger partial charge in [-0.25, -0.2) is 9.50 Å². The van der Waals surface area contributed by atoms with Crippen molar-refractivity contribution in [3.05, 3.63) is 29.7 Å². The number of fused-ring (bicyclic) bond motifs is 1. The molecule has 2 aromatic rings. The second-order valence-electron chi connectivity index (χ2n) is 5.41. The number of rotatable bonds is 2. The maximum absolute atomic E-state index is 12.6. The second kappa shape index (κ2) is 5.42. The number of hydrogen-bond donors (Lipinski definition) is 2. The van der Waals surface area contributed by atoms with Gasteiger partial charge in [0.15, 0.2) is 5.65 Å². The van der Waals surface area contributed by atoms with Gasteiger partial charge in [0.2, 0.25) is 0 Å². The first kappa shape index (κ1) is 14.0. The van der Waals surface area contributed by atoms with Crippen molar-refractivity contribution in [2.75, 3.05) is 19.7 Å². The van der Waals surface area contributed by atoms with E-state index in [1.807, 2.05) is 6.92 Å². The molecule has 1 fully saturated rings. The van der Waals surface area contributed by atoms with Crippen LogP contribution in [0.4, 0.5) is 0 Å². The highest BCUT2D eigenvalue weighted by molar-refractivity contribution is 5.95. The molecule has 0 bridgehead atoms. The van der Waals surface area contributed by atoms with Crippen LogP contribution in [-0.4, -0.2) is 61.4 Å². The maximum Gasteiger partial charge on any atom is 0.257 e. The fourth-order valence-electron chi connectivity index (χ4n) is 2.75. The Kier molecular flexibility index (Phi) is 3.60. The third-order valence-corrected chi connectivity index (χ3v) is 4.13. The van der Waals surface area contributed by atoms with Crippen molar-refractivity contribution < 1.29 is 15.0 Å². The Hall–Kier alpha value is -1.99. The minimum Gasteiger partial charge on any atom is -0.396 e. The summed E-state index contributed by atoms with van der Waals surface area (Å²) in [5.74, 6) is -0.310. The molecule has 2 aromatic heterocycles. The topological polar surface area (TPSA) is 91.0 Å². The number of hydrogen-bond acceptors (Lipinski definition) is 5. The van der Waals surface area contributed by atoms with Crippen LogP contribution in [0.2, 0.25) is 0 Å². The van der Waals surface area contributed by atoms with Gasteiger partial charge in [0.25, 0.3) is 5.91 Å². The number of β-amino-alcohol motifs (C(OH)–C–C–N with tert-alkyl or cyclic N) is 1.